The van der Waals surface area contributed by atoms with Gasteiger partial charge in [0.15, 0.2) is 0 Å². The Morgan fingerprint density at radius 2 is 1.83 bits per heavy atom. The minimum atomic E-state index is -0.334. The molecule has 1 aromatic heterocycles. The van der Waals surface area contributed by atoms with Gasteiger partial charge in [-0.05, 0) is 60.7 Å². The van der Waals surface area contributed by atoms with Gasteiger partial charge >= 0.3 is 0 Å². The number of rotatable bonds is 7. The van der Waals surface area contributed by atoms with Crippen LogP contribution in [0.2, 0.25) is 5.02 Å². The van der Waals surface area contributed by atoms with E-state index in [2.05, 4.69) is 26.2 Å². The average Bonchev–Trinajstić information content (AvgIpc) is 3.17. The van der Waals surface area contributed by atoms with Crippen molar-refractivity contribution in [3.8, 4) is 0 Å². The zero-order valence-electron chi connectivity index (χ0n) is 15.8. The van der Waals surface area contributed by atoms with Gasteiger partial charge in [0.1, 0.15) is 0 Å². The summed E-state index contributed by atoms with van der Waals surface area (Å²) in [6.07, 6.45) is 0. The number of aromatic nitrogens is 4. The van der Waals surface area contributed by atoms with E-state index in [1.807, 2.05) is 13.8 Å². The maximum atomic E-state index is 12.6. The fourth-order valence-corrected chi connectivity index (χ4v) is 3.37. The van der Waals surface area contributed by atoms with E-state index in [1.165, 1.54) is 11.8 Å². The molecule has 0 aliphatic carbocycles. The van der Waals surface area contributed by atoms with Crippen LogP contribution >= 0.6 is 23.4 Å². The lowest BCUT2D eigenvalue weighted by Gasteiger charge is -2.12. The summed E-state index contributed by atoms with van der Waals surface area (Å²) >= 11 is 7.09. The predicted octanol–water partition coefficient (Wildman–Crippen LogP) is 3.89. The fourth-order valence-electron chi connectivity index (χ4n) is 2.44. The molecular weight excluding hydrogens is 412 g/mol. The number of halogens is 1. The number of hydrogen-bond donors (Lipinski definition) is 2. The van der Waals surface area contributed by atoms with Crippen LogP contribution in [0.5, 0.6) is 0 Å². The first-order chi connectivity index (χ1) is 13.9. The number of amides is 2. The topological polar surface area (TPSA) is 102 Å². The van der Waals surface area contributed by atoms with Crippen LogP contribution in [-0.2, 0) is 4.79 Å². The highest BCUT2D eigenvalue weighted by atomic mass is 35.5. The van der Waals surface area contributed by atoms with Crippen LogP contribution < -0.4 is 10.6 Å². The minimum Gasteiger partial charge on any atom is -0.325 e. The second-order valence-corrected chi connectivity index (χ2v) is 7.72. The Hall–Kier alpha value is -2.91. The van der Waals surface area contributed by atoms with Crippen molar-refractivity contribution in [2.24, 2.45) is 0 Å². The van der Waals surface area contributed by atoms with E-state index < -0.39 is 0 Å². The maximum absolute atomic E-state index is 12.6. The van der Waals surface area contributed by atoms with Crippen molar-refractivity contribution in [2.75, 3.05) is 16.4 Å². The highest BCUT2D eigenvalue weighted by Crippen LogP contribution is 2.21. The number of carbonyl (C=O) groups is 2. The summed E-state index contributed by atoms with van der Waals surface area (Å²) in [7, 11) is 0. The average molecular weight is 431 g/mol. The number of para-hydroxylation sites is 1. The summed E-state index contributed by atoms with van der Waals surface area (Å²) in [5.74, 6) is -0.486. The van der Waals surface area contributed by atoms with Gasteiger partial charge in [-0.15, -0.1) is 5.10 Å². The Balaban J connectivity index is 1.65. The van der Waals surface area contributed by atoms with Crippen LogP contribution in [0.25, 0.3) is 0 Å². The first-order valence-electron chi connectivity index (χ1n) is 8.80. The Morgan fingerprint density at radius 3 is 2.55 bits per heavy atom. The van der Waals surface area contributed by atoms with E-state index in [0.29, 0.717) is 27.1 Å². The van der Waals surface area contributed by atoms with Crippen LogP contribution in [0.1, 0.15) is 30.2 Å². The number of nitrogens with zero attached hydrogens (tertiary/aromatic N) is 4. The third kappa shape index (κ3) is 5.55. The lowest BCUT2D eigenvalue weighted by atomic mass is 10.1. The van der Waals surface area contributed by atoms with Gasteiger partial charge < -0.3 is 10.6 Å². The van der Waals surface area contributed by atoms with E-state index in [-0.39, 0.29) is 23.6 Å². The molecule has 0 unspecified atom stereocenters. The van der Waals surface area contributed by atoms with Crippen molar-refractivity contribution in [2.45, 2.75) is 25.0 Å². The summed E-state index contributed by atoms with van der Waals surface area (Å²) in [4.78, 5) is 25.0. The van der Waals surface area contributed by atoms with Crippen LogP contribution in [0.3, 0.4) is 0 Å². The Bertz CT molecular complexity index is 1010. The molecule has 0 saturated heterocycles. The molecule has 0 aliphatic rings. The van der Waals surface area contributed by atoms with Crippen molar-refractivity contribution in [1.29, 1.82) is 0 Å². The van der Waals surface area contributed by atoms with E-state index in [4.69, 9.17) is 11.6 Å². The number of benzene rings is 2. The number of tetrazole rings is 1. The molecule has 2 N–H and O–H groups in total. The maximum Gasteiger partial charge on any atom is 0.257 e. The second-order valence-electron chi connectivity index (χ2n) is 6.34. The van der Waals surface area contributed by atoms with E-state index in [1.54, 1.807) is 53.2 Å². The quantitative estimate of drug-likeness (QED) is 0.551. The van der Waals surface area contributed by atoms with Gasteiger partial charge in [0.25, 0.3) is 5.91 Å². The second kappa shape index (κ2) is 9.53. The van der Waals surface area contributed by atoms with Gasteiger partial charge in [-0.25, -0.2) is 4.68 Å². The van der Waals surface area contributed by atoms with Crippen molar-refractivity contribution in [1.82, 2.24) is 20.2 Å². The monoisotopic (exact) mass is 430 g/mol. The zero-order chi connectivity index (χ0) is 20.8. The lowest BCUT2D eigenvalue weighted by Crippen LogP contribution is -2.19. The molecule has 1 heterocycles. The highest BCUT2D eigenvalue weighted by Gasteiger charge is 2.15. The molecule has 0 fully saturated rings. The highest BCUT2D eigenvalue weighted by molar-refractivity contribution is 7.99. The molecule has 0 atom stereocenters. The number of thioether (sulfide) groups is 1. The number of anilines is 2. The van der Waals surface area contributed by atoms with Gasteiger partial charge in [0, 0.05) is 10.7 Å². The summed E-state index contributed by atoms with van der Waals surface area (Å²) < 4.78 is 1.64. The van der Waals surface area contributed by atoms with Crippen LogP contribution in [0.15, 0.2) is 53.7 Å². The summed E-state index contributed by atoms with van der Waals surface area (Å²) in [5.41, 5.74) is 1.39. The van der Waals surface area contributed by atoms with Gasteiger partial charge in [0.05, 0.1) is 23.0 Å². The summed E-state index contributed by atoms with van der Waals surface area (Å²) in [5, 5.41) is 18.2. The molecule has 29 heavy (non-hydrogen) atoms. The molecular formula is C19H19ClN6O2S. The van der Waals surface area contributed by atoms with Crippen LogP contribution in [-0.4, -0.2) is 37.8 Å². The van der Waals surface area contributed by atoms with Gasteiger partial charge in [-0.3, -0.25) is 9.59 Å². The number of carbonyl (C=O) groups excluding carboxylic acids is 2. The van der Waals surface area contributed by atoms with Crippen LogP contribution in [0.4, 0.5) is 11.4 Å². The molecule has 8 nitrogen and oxygen atoms in total. The Morgan fingerprint density at radius 1 is 1.10 bits per heavy atom. The molecule has 0 saturated carbocycles. The molecule has 10 heteroatoms. The molecule has 150 valence electrons. The standard InChI is InChI=1S/C19H19ClN6O2S/c1-12(2)26-19(23-24-25-26)29-11-17(27)22-16-6-4-3-5-15(16)18(28)21-14-9-7-13(20)8-10-14/h3-10,12H,11H2,1-2H3,(H,21,28)(H,22,27). The zero-order valence-corrected chi connectivity index (χ0v) is 17.4. The van der Waals surface area contributed by atoms with Crippen molar-refractivity contribution in [3.63, 3.8) is 0 Å². The largest absolute Gasteiger partial charge is 0.325 e. The third-order valence-electron chi connectivity index (χ3n) is 3.83. The fraction of sp³-hybridized carbons (Fsp3) is 0.211. The van der Waals surface area contributed by atoms with Crippen molar-refractivity contribution < 1.29 is 9.59 Å². The number of nitrogens with one attached hydrogen (secondary N) is 2. The molecule has 3 aromatic rings. The molecule has 2 aromatic carbocycles. The number of hydrogen-bond acceptors (Lipinski definition) is 6. The van der Waals surface area contributed by atoms with Crippen molar-refractivity contribution >= 4 is 46.6 Å². The first-order valence-corrected chi connectivity index (χ1v) is 10.2. The molecule has 0 bridgehead atoms. The van der Waals surface area contributed by atoms with Crippen molar-refractivity contribution in [3.05, 3.63) is 59.1 Å². The van der Waals surface area contributed by atoms with Gasteiger partial charge in [-0.2, -0.15) is 0 Å². The molecule has 3 rings (SSSR count). The van der Waals surface area contributed by atoms with E-state index in [9.17, 15) is 9.59 Å². The van der Waals surface area contributed by atoms with Gasteiger partial charge in [-0.1, -0.05) is 35.5 Å². The lowest BCUT2D eigenvalue weighted by molar-refractivity contribution is -0.113. The SMILES string of the molecule is CC(C)n1nnnc1SCC(=O)Nc1ccccc1C(=O)Nc1ccc(Cl)cc1. The molecule has 0 radical (unpaired) electrons. The minimum absolute atomic E-state index is 0.0906. The Kier molecular flexibility index (Phi) is 6.84. The predicted molar refractivity (Wildman–Crippen MR) is 113 cm³/mol. The van der Waals surface area contributed by atoms with Gasteiger partial charge in [0.2, 0.25) is 11.1 Å². The summed E-state index contributed by atoms with van der Waals surface area (Å²) in [6, 6.07) is 13.7. The van der Waals surface area contributed by atoms with E-state index in [0.717, 1.165) is 0 Å². The van der Waals surface area contributed by atoms with E-state index >= 15 is 0 Å². The molecule has 0 aliphatic heterocycles. The third-order valence-corrected chi connectivity index (χ3v) is 5.02. The molecule has 0 spiro atoms. The normalized spacial score (nSPS) is 10.8. The Labute approximate surface area is 177 Å². The summed E-state index contributed by atoms with van der Waals surface area (Å²) in [6.45, 7) is 3.91. The van der Waals surface area contributed by atoms with Crippen LogP contribution in [0, 0.1) is 0 Å². The molecule has 2 amide bonds. The first kappa shape index (κ1) is 20.8. The smallest absolute Gasteiger partial charge is 0.257 e.